The maximum atomic E-state index is 4.96. The molecule has 4 heteroatoms. The van der Waals surface area contributed by atoms with Crippen LogP contribution in [0.2, 0.25) is 0 Å². The molecular weight excluding hydrogens is 142 g/mol. The van der Waals surface area contributed by atoms with Crippen molar-refractivity contribution in [1.29, 1.82) is 0 Å². The van der Waals surface area contributed by atoms with Gasteiger partial charge in [0.05, 0.1) is 12.8 Å². The summed E-state index contributed by atoms with van der Waals surface area (Å²) in [4.78, 5) is 0. The highest BCUT2D eigenvalue weighted by molar-refractivity contribution is 5.14. The first-order chi connectivity index (χ1) is 5.27. The molecule has 1 rings (SSSR count). The van der Waals surface area contributed by atoms with Crippen molar-refractivity contribution in [2.45, 2.75) is 6.54 Å². The van der Waals surface area contributed by atoms with Crippen LogP contribution in [0.1, 0.15) is 5.69 Å². The molecule has 0 aliphatic heterocycles. The van der Waals surface area contributed by atoms with Gasteiger partial charge in [-0.15, -0.1) is 5.10 Å². The average molecular weight is 155 g/mol. The molecule has 0 radical (unpaired) electrons. The van der Waals surface area contributed by atoms with E-state index in [1.165, 1.54) is 0 Å². The third-order valence-electron chi connectivity index (χ3n) is 1.52. The third kappa shape index (κ3) is 1.71. The quantitative estimate of drug-likeness (QED) is 0.675. The molecule has 1 aromatic rings. The first-order valence-electron chi connectivity index (χ1n) is 3.49. The third-order valence-corrected chi connectivity index (χ3v) is 1.52. The molecule has 0 unspecified atom stereocenters. The first kappa shape index (κ1) is 8.07. The second-order valence-electron chi connectivity index (χ2n) is 2.33. The van der Waals surface area contributed by atoms with Gasteiger partial charge in [0, 0.05) is 19.7 Å². The van der Waals surface area contributed by atoms with E-state index in [0.717, 1.165) is 12.2 Å². The maximum Gasteiger partial charge on any atom is 0.232 e. The number of aromatic nitrogens is 2. The zero-order valence-corrected chi connectivity index (χ0v) is 7.09. The summed E-state index contributed by atoms with van der Waals surface area (Å²) in [6, 6.07) is 1.91. The van der Waals surface area contributed by atoms with E-state index in [0.29, 0.717) is 5.88 Å². The predicted molar refractivity (Wildman–Crippen MR) is 42.5 cm³/mol. The van der Waals surface area contributed by atoms with Gasteiger partial charge in [0.15, 0.2) is 0 Å². The number of nitrogens with one attached hydrogen (secondary N) is 1. The fourth-order valence-electron chi connectivity index (χ4n) is 0.923. The molecule has 62 valence electrons. The number of hydrogen-bond donors (Lipinski definition) is 1. The SMILES string of the molecule is CNCc1cc(OC)nn1C. The summed E-state index contributed by atoms with van der Waals surface area (Å²) in [5.74, 6) is 0.665. The summed E-state index contributed by atoms with van der Waals surface area (Å²) >= 11 is 0. The second-order valence-corrected chi connectivity index (χ2v) is 2.33. The summed E-state index contributed by atoms with van der Waals surface area (Å²) in [6.45, 7) is 0.812. The van der Waals surface area contributed by atoms with Crippen molar-refractivity contribution >= 4 is 0 Å². The molecule has 0 fully saturated rings. The molecule has 0 saturated heterocycles. The van der Waals surface area contributed by atoms with E-state index < -0.39 is 0 Å². The Hall–Kier alpha value is -1.03. The number of rotatable bonds is 3. The molecule has 11 heavy (non-hydrogen) atoms. The minimum absolute atomic E-state index is 0.665. The smallest absolute Gasteiger partial charge is 0.232 e. The average Bonchev–Trinajstić information content (AvgIpc) is 2.33. The summed E-state index contributed by atoms with van der Waals surface area (Å²) in [7, 11) is 5.42. The van der Waals surface area contributed by atoms with Crippen molar-refractivity contribution in [2.75, 3.05) is 14.2 Å². The fraction of sp³-hybridized carbons (Fsp3) is 0.571. The van der Waals surface area contributed by atoms with Crippen LogP contribution in [0.3, 0.4) is 0 Å². The van der Waals surface area contributed by atoms with E-state index in [2.05, 4.69) is 10.4 Å². The molecule has 0 bridgehead atoms. The molecule has 1 aromatic heterocycles. The van der Waals surface area contributed by atoms with E-state index in [1.807, 2.05) is 20.2 Å². The second kappa shape index (κ2) is 3.39. The Morgan fingerprint density at radius 2 is 2.45 bits per heavy atom. The van der Waals surface area contributed by atoms with Gasteiger partial charge in [-0.1, -0.05) is 0 Å². The van der Waals surface area contributed by atoms with E-state index in [9.17, 15) is 0 Å². The normalized spacial score (nSPS) is 10.1. The highest BCUT2D eigenvalue weighted by Crippen LogP contribution is 2.08. The highest BCUT2D eigenvalue weighted by Gasteiger charge is 2.02. The lowest BCUT2D eigenvalue weighted by atomic mass is 10.4. The van der Waals surface area contributed by atoms with E-state index in [-0.39, 0.29) is 0 Å². The van der Waals surface area contributed by atoms with E-state index >= 15 is 0 Å². The number of ether oxygens (including phenoxy) is 1. The monoisotopic (exact) mass is 155 g/mol. The van der Waals surface area contributed by atoms with Gasteiger partial charge in [-0.25, -0.2) is 0 Å². The van der Waals surface area contributed by atoms with Gasteiger partial charge in [-0.2, -0.15) is 0 Å². The van der Waals surface area contributed by atoms with Crippen LogP contribution in [0, 0.1) is 0 Å². The van der Waals surface area contributed by atoms with Crippen molar-refractivity contribution in [2.24, 2.45) is 7.05 Å². The molecular formula is C7H13N3O. The van der Waals surface area contributed by atoms with Crippen LogP contribution in [0.25, 0.3) is 0 Å². The lowest BCUT2D eigenvalue weighted by molar-refractivity contribution is 0.392. The summed E-state index contributed by atoms with van der Waals surface area (Å²) in [5.41, 5.74) is 1.12. The van der Waals surface area contributed by atoms with Gasteiger partial charge >= 0.3 is 0 Å². The van der Waals surface area contributed by atoms with Crippen LogP contribution < -0.4 is 10.1 Å². The molecule has 0 aromatic carbocycles. The Morgan fingerprint density at radius 1 is 1.73 bits per heavy atom. The number of nitrogens with zero attached hydrogens (tertiary/aromatic N) is 2. The number of hydrogen-bond acceptors (Lipinski definition) is 3. The minimum Gasteiger partial charge on any atom is -0.480 e. The standard InChI is InChI=1S/C7H13N3O/c1-8-5-6-4-7(11-3)9-10(6)2/h4,8H,5H2,1-3H3. The topological polar surface area (TPSA) is 39.1 Å². The first-order valence-corrected chi connectivity index (χ1v) is 3.49. The van der Waals surface area contributed by atoms with Crippen LogP contribution in [0.15, 0.2) is 6.07 Å². The van der Waals surface area contributed by atoms with E-state index in [1.54, 1.807) is 11.8 Å². The molecule has 0 amide bonds. The van der Waals surface area contributed by atoms with Crippen molar-refractivity contribution in [3.05, 3.63) is 11.8 Å². The fourth-order valence-corrected chi connectivity index (χ4v) is 0.923. The van der Waals surface area contributed by atoms with Gasteiger partial charge in [-0.05, 0) is 7.05 Å². The Kier molecular flexibility index (Phi) is 2.48. The summed E-state index contributed by atoms with van der Waals surface area (Å²) in [6.07, 6.45) is 0. The number of methoxy groups -OCH3 is 1. The zero-order chi connectivity index (χ0) is 8.27. The zero-order valence-electron chi connectivity index (χ0n) is 7.09. The minimum atomic E-state index is 0.665. The molecule has 0 aliphatic carbocycles. The van der Waals surface area contributed by atoms with Gasteiger partial charge in [-0.3, -0.25) is 4.68 Å². The van der Waals surface area contributed by atoms with Gasteiger partial charge in [0.1, 0.15) is 0 Å². The van der Waals surface area contributed by atoms with Crippen molar-refractivity contribution in [3.8, 4) is 5.88 Å². The molecule has 4 nitrogen and oxygen atoms in total. The summed E-state index contributed by atoms with van der Waals surface area (Å²) < 4.78 is 6.76. The molecule has 0 atom stereocenters. The Labute approximate surface area is 66.2 Å². The van der Waals surface area contributed by atoms with Gasteiger partial charge in [0.2, 0.25) is 5.88 Å². The Morgan fingerprint density at radius 3 is 2.91 bits per heavy atom. The van der Waals surface area contributed by atoms with Crippen molar-refractivity contribution in [3.63, 3.8) is 0 Å². The van der Waals surface area contributed by atoms with Crippen molar-refractivity contribution < 1.29 is 4.74 Å². The van der Waals surface area contributed by atoms with Crippen LogP contribution in [-0.4, -0.2) is 23.9 Å². The molecule has 1 N–H and O–H groups in total. The molecule has 0 saturated carbocycles. The van der Waals surface area contributed by atoms with Crippen molar-refractivity contribution in [1.82, 2.24) is 15.1 Å². The molecule has 0 spiro atoms. The van der Waals surface area contributed by atoms with Crippen LogP contribution in [-0.2, 0) is 13.6 Å². The summed E-state index contributed by atoms with van der Waals surface area (Å²) in [5, 5.41) is 7.15. The Bertz CT molecular complexity index is 232. The Balaban J connectivity index is 2.79. The maximum absolute atomic E-state index is 4.96. The van der Waals surface area contributed by atoms with Crippen LogP contribution in [0.4, 0.5) is 0 Å². The molecule has 1 heterocycles. The van der Waals surface area contributed by atoms with Gasteiger partial charge < -0.3 is 10.1 Å². The largest absolute Gasteiger partial charge is 0.480 e. The van der Waals surface area contributed by atoms with Gasteiger partial charge in [0.25, 0.3) is 0 Å². The predicted octanol–water partition coefficient (Wildman–Crippen LogP) is 0.148. The highest BCUT2D eigenvalue weighted by atomic mass is 16.5. The lowest BCUT2D eigenvalue weighted by Crippen LogP contribution is -2.09. The number of aryl methyl sites for hydroxylation is 1. The van der Waals surface area contributed by atoms with E-state index in [4.69, 9.17) is 4.74 Å². The van der Waals surface area contributed by atoms with Crippen LogP contribution >= 0.6 is 0 Å². The van der Waals surface area contributed by atoms with Crippen LogP contribution in [0.5, 0.6) is 5.88 Å². The molecule has 0 aliphatic rings. The lowest BCUT2D eigenvalue weighted by Gasteiger charge is -1.97.